The molecule has 0 bridgehead atoms. The molecule has 0 saturated carbocycles. The topological polar surface area (TPSA) is 78.5 Å². The van der Waals surface area contributed by atoms with Gasteiger partial charge in [0, 0.05) is 31.1 Å². The average molecular weight is 430 g/mol. The third-order valence-corrected chi connectivity index (χ3v) is 5.93. The molecule has 3 amide bonds. The van der Waals surface area contributed by atoms with E-state index < -0.39 is 6.04 Å². The second kappa shape index (κ2) is 10.8. The van der Waals surface area contributed by atoms with Gasteiger partial charge in [-0.05, 0) is 56.6 Å². The van der Waals surface area contributed by atoms with Gasteiger partial charge in [-0.3, -0.25) is 14.4 Å². The molecule has 0 aliphatic carbocycles. The molecule has 2 N–H and O–H groups in total. The lowest BCUT2D eigenvalue weighted by Gasteiger charge is -2.37. The molecule has 2 atom stereocenters. The molecule has 0 aromatic heterocycles. The second-order valence-electron chi connectivity index (χ2n) is 10.1. The molecule has 1 aliphatic heterocycles. The molecule has 172 valence electrons. The van der Waals surface area contributed by atoms with Crippen molar-refractivity contribution in [2.75, 3.05) is 13.1 Å². The number of hydrogen-bond acceptors (Lipinski definition) is 3. The van der Waals surface area contributed by atoms with Crippen LogP contribution in [0.1, 0.15) is 76.2 Å². The summed E-state index contributed by atoms with van der Waals surface area (Å²) in [7, 11) is 0. The van der Waals surface area contributed by atoms with Crippen LogP contribution in [0.2, 0.25) is 0 Å². The van der Waals surface area contributed by atoms with Crippen LogP contribution in [0.4, 0.5) is 0 Å². The van der Waals surface area contributed by atoms with Gasteiger partial charge in [0.1, 0.15) is 6.04 Å². The standard InChI is InChI=1S/C25H39N3O3/c1-7-18(3)26-24(31)22(27-23(30)20-10-8-17(2)9-11-20)19-12-14-28(15-13-19)21(29)16-25(4,5)6/h8-11,18-19,22H,7,12-16H2,1-6H3,(H,26,31)(H,27,30)/t18-,22+/m1/s1. The minimum Gasteiger partial charge on any atom is -0.352 e. The Morgan fingerprint density at radius 2 is 1.65 bits per heavy atom. The first kappa shape index (κ1) is 24.9. The summed E-state index contributed by atoms with van der Waals surface area (Å²) in [5, 5.41) is 6.00. The summed E-state index contributed by atoms with van der Waals surface area (Å²) in [5.74, 6) is -0.225. The molecule has 6 heteroatoms. The number of nitrogens with one attached hydrogen (secondary N) is 2. The Balaban J connectivity index is 2.08. The highest BCUT2D eigenvalue weighted by Gasteiger charge is 2.34. The van der Waals surface area contributed by atoms with Crippen molar-refractivity contribution < 1.29 is 14.4 Å². The van der Waals surface area contributed by atoms with E-state index in [9.17, 15) is 14.4 Å². The highest BCUT2D eigenvalue weighted by molar-refractivity contribution is 5.97. The summed E-state index contributed by atoms with van der Waals surface area (Å²) in [6.07, 6.45) is 2.73. The first-order valence-electron chi connectivity index (χ1n) is 11.5. The smallest absolute Gasteiger partial charge is 0.251 e. The van der Waals surface area contributed by atoms with Crippen molar-refractivity contribution in [3.8, 4) is 0 Å². The zero-order valence-corrected chi connectivity index (χ0v) is 20.0. The van der Waals surface area contributed by atoms with Crippen molar-refractivity contribution in [3.63, 3.8) is 0 Å². The highest BCUT2D eigenvalue weighted by atomic mass is 16.2. The van der Waals surface area contributed by atoms with E-state index in [0.29, 0.717) is 37.9 Å². The normalized spacial score (nSPS) is 17.0. The number of carbonyl (C=O) groups is 3. The molecule has 2 rings (SSSR count). The lowest BCUT2D eigenvalue weighted by Crippen LogP contribution is -2.55. The molecule has 0 spiro atoms. The van der Waals surface area contributed by atoms with Crippen LogP contribution in [-0.4, -0.2) is 47.8 Å². The molecular weight excluding hydrogens is 390 g/mol. The monoisotopic (exact) mass is 429 g/mol. The van der Waals surface area contributed by atoms with Gasteiger partial charge < -0.3 is 15.5 Å². The third-order valence-electron chi connectivity index (χ3n) is 5.93. The first-order valence-corrected chi connectivity index (χ1v) is 11.5. The van der Waals surface area contributed by atoms with Crippen LogP contribution in [0.3, 0.4) is 0 Å². The minimum atomic E-state index is -0.609. The van der Waals surface area contributed by atoms with Crippen molar-refractivity contribution in [3.05, 3.63) is 35.4 Å². The predicted octanol–water partition coefficient (Wildman–Crippen LogP) is 3.68. The number of carbonyl (C=O) groups excluding carboxylic acids is 3. The van der Waals surface area contributed by atoms with Gasteiger partial charge in [-0.1, -0.05) is 45.4 Å². The van der Waals surface area contributed by atoms with Gasteiger partial charge in [0.2, 0.25) is 11.8 Å². The number of hydrogen-bond donors (Lipinski definition) is 2. The second-order valence-corrected chi connectivity index (χ2v) is 10.1. The van der Waals surface area contributed by atoms with Crippen molar-refractivity contribution in [2.24, 2.45) is 11.3 Å². The number of nitrogens with zero attached hydrogens (tertiary/aromatic N) is 1. The number of piperidine rings is 1. The Morgan fingerprint density at radius 3 is 2.16 bits per heavy atom. The molecule has 1 aliphatic rings. The van der Waals surface area contributed by atoms with Crippen LogP contribution >= 0.6 is 0 Å². The van der Waals surface area contributed by atoms with E-state index in [4.69, 9.17) is 0 Å². The Bertz CT molecular complexity index is 759. The summed E-state index contributed by atoms with van der Waals surface area (Å²) in [6, 6.07) is 6.78. The van der Waals surface area contributed by atoms with Crippen LogP contribution in [0.15, 0.2) is 24.3 Å². The molecule has 1 heterocycles. The van der Waals surface area contributed by atoms with Crippen molar-refractivity contribution in [1.29, 1.82) is 0 Å². The molecule has 6 nitrogen and oxygen atoms in total. The lowest BCUT2D eigenvalue weighted by molar-refractivity contribution is -0.134. The fourth-order valence-electron chi connectivity index (χ4n) is 3.81. The Labute approximate surface area is 187 Å². The maximum atomic E-state index is 13.0. The van der Waals surface area contributed by atoms with E-state index in [0.717, 1.165) is 12.0 Å². The Hall–Kier alpha value is -2.37. The molecule has 1 fully saturated rings. The average Bonchev–Trinajstić information content (AvgIpc) is 2.71. The van der Waals surface area contributed by atoms with Gasteiger partial charge in [0.05, 0.1) is 0 Å². The number of benzene rings is 1. The number of rotatable bonds is 7. The van der Waals surface area contributed by atoms with Gasteiger partial charge >= 0.3 is 0 Å². The number of likely N-dealkylation sites (tertiary alicyclic amines) is 1. The summed E-state index contributed by atoms with van der Waals surface area (Å²) in [5.41, 5.74) is 1.58. The summed E-state index contributed by atoms with van der Waals surface area (Å²) >= 11 is 0. The maximum absolute atomic E-state index is 13.0. The van der Waals surface area contributed by atoms with E-state index in [-0.39, 0.29) is 35.1 Å². The fourth-order valence-corrected chi connectivity index (χ4v) is 3.81. The van der Waals surface area contributed by atoms with Crippen LogP contribution in [-0.2, 0) is 9.59 Å². The van der Waals surface area contributed by atoms with Gasteiger partial charge in [-0.25, -0.2) is 0 Å². The van der Waals surface area contributed by atoms with Gasteiger partial charge in [-0.2, -0.15) is 0 Å². The van der Waals surface area contributed by atoms with Gasteiger partial charge in [0.15, 0.2) is 0 Å². The SMILES string of the molecule is CC[C@@H](C)NC(=O)[C@@H](NC(=O)c1ccc(C)cc1)C1CCN(C(=O)CC(C)(C)C)CC1. The van der Waals surface area contributed by atoms with Crippen molar-refractivity contribution in [2.45, 2.75) is 79.3 Å². The largest absolute Gasteiger partial charge is 0.352 e. The maximum Gasteiger partial charge on any atom is 0.251 e. The van der Waals surface area contributed by atoms with Crippen LogP contribution in [0.25, 0.3) is 0 Å². The van der Waals surface area contributed by atoms with E-state index in [2.05, 4.69) is 31.4 Å². The fraction of sp³-hybridized carbons (Fsp3) is 0.640. The summed E-state index contributed by atoms with van der Waals surface area (Å²) in [6.45, 7) is 13.4. The predicted molar refractivity (Wildman–Crippen MR) is 124 cm³/mol. The van der Waals surface area contributed by atoms with E-state index >= 15 is 0 Å². The molecule has 0 unspecified atom stereocenters. The van der Waals surface area contributed by atoms with E-state index in [1.54, 1.807) is 12.1 Å². The molecular formula is C25H39N3O3. The van der Waals surface area contributed by atoms with Crippen LogP contribution in [0, 0.1) is 18.3 Å². The lowest BCUT2D eigenvalue weighted by atomic mass is 9.87. The van der Waals surface area contributed by atoms with Gasteiger partial charge in [0.25, 0.3) is 5.91 Å². The Kier molecular flexibility index (Phi) is 8.66. The zero-order valence-electron chi connectivity index (χ0n) is 20.0. The molecule has 31 heavy (non-hydrogen) atoms. The van der Waals surface area contributed by atoms with Gasteiger partial charge in [-0.15, -0.1) is 0 Å². The summed E-state index contributed by atoms with van der Waals surface area (Å²) in [4.78, 5) is 40.3. The summed E-state index contributed by atoms with van der Waals surface area (Å²) < 4.78 is 0. The van der Waals surface area contributed by atoms with Crippen molar-refractivity contribution >= 4 is 17.7 Å². The highest BCUT2D eigenvalue weighted by Crippen LogP contribution is 2.25. The molecule has 0 radical (unpaired) electrons. The third kappa shape index (κ3) is 7.67. The molecule has 1 saturated heterocycles. The van der Waals surface area contributed by atoms with E-state index in [1.807, 2.05) is 37.8 Å². The van der Waals surface area contributed by atoms with Crippen LogP contribution < -0.4 is 10.6 Å². The minimum absolute atomic E-state index is 0.00265. The Morgan fingerprint density at radius 1 is 1.06 bits per heavy atom. The molecule has 1 aromatic rings. The van der Waals surface area contributed by atoms with Crippen molar-refractivity contribution in [1.82, 2.24) is 15.5 Å². The molecule has 1 aromatic carbocycles. The number of amides is 3. The quantitative estimate of drug-likeness (QED) is 0.694. The first-order chi connectivity index (χ1) is 14.5. The number of aryl methyl sites for hydroxylation is 1. The van der Waals surface area contributed by atoms with E-state index in [1.165, 1.54) is 0 Å². The van der Waals surface area contributed by atoms with Crippen LogP contribution in [0.5, 0.6) is 0 Å². The zero-order chi connectivity index (χ0) is 23.2.